The van der Waals surface area contributed by atoms with Crippen molar-refractivity contribution in [2.24, 2.45) is 0 Å². The fraction of sp³-hybridized carbons (Fsp3) is 0.0909. The molecule has 0 saturated heterocycles. The van der Waals surface area contributed by atoms with Gasteiger partial charge >= 0.3 is 6.33 Å². The normalized spacial score (nSPS) is 9.88. The first-order valence-electron chi connectivity index (χ1n) is 4.78. The number of hydrogen-bond donors (Lipinski definition) is 0. The second kappa shape index (κ2) is 4.99. The molecule has 2 rings (SSSR count). The lowest BCUT2D eigenvalue weighted by Gasteiger charge is -2.05. The number of halogens is 1. The molecule has 0 fully saturated rings. The van der Waals surface area contributed by atoms with Crippen LogP contribution in [0.15, 0.2) is 47.1 Å². The molecule has 82 valence electrons. The maximum absolute atomic E-state index is 6.07. The lowest BCUT2D eigenvalue weighted by atomic mass is 9.86. The summed E-state index contributed by atoms with van der Waals surface area (Å²) in [6.07, 6.45) is 0.890. The lowest BCUT2D eigenvalue weighted by Crippen LogP contribution is -2.30. The molecule has 0 aliphatic rings. The number of benzene rings is 1. The van der Waals surface area contributed by atoms with Gasteiger partial charge in [-0.2, -0.15) is 0 Å². The van der Waals surface area contributed by atoms with Crippen LogP contribution >= 0.6 is 11.5 Å². The van der Waals surface area contributed by atoms with E-state index < -0.39 is 6.33 Å². The minimum Gasteiger partial charge on any atom is -0.516 e. The Balaban J connectivity index is 2.05. The monoisotopic (exact) mass is 236 g/mol. The summed E-state index contributed by atoms with van der Waals surface area (Å²) in [5, 5.41) is 0. The highest BCUT2D eigenvalue weighted by atomic mass is 35.5. The molecule has 16 heavy (non-hydrogen) atoms. The first-order valence-corrected chi connectivity index (χ1v) is 5.21. The second-order valence-corrected chi connectivity index (χ2v) is 3.55. The van der Waals surface area contributed by atoms with E-state index in [1.54, 1.807) is 13.2 Å². The largest absolute Gasteiger partial charge is 0.516 e. The summed E-state index contributed by atoms with van der Waals surface area (Å²) < 4.78 is 15.5. The third-order valence-corrected chi connectivity index (χ3v) is 2.41. The summed E-state index contributed by atoms with van der Waals surface area (Å²) in [4.78, 5) is 0. The SMILES string of the molecule is COc1coc(OB(Cl)c2ccccc2)c1. The first kappa shape index (κ1) is 11.0. The molecule has 0 bridgehead atoms. The van der Waals surface area contributed by atoms with E-state index in [9.17, 15) is 0 Å². The van der Waals surface area contributed by atoms with Gasteiger partial charge in [-0.3, -0.25) is 0 Å². The van der Waals surface area contributed by atoms with Gasteiger partial charge in [-0.1, -0.05) is 30.3 Å². The molecule has 0 aliphatic heterocycles. The van der Waals surface area contributed by atoms with Crippen molar-refractivity contribution in [3.05, 3.63) is 42.7 Å². The molecule has 1 aromatic carbocycles. The zero-order valence-corrected chi connectivity index (χ0v) is 9.48. The van der Waals surface area contributed by atoms with Crippen molar-refractivity contribution in [3.63, 3.8) is 0 Å². The van der Waals surface area contributed by atoms with Gasteiger partial charge in [0.05, 0.1) is 13.2 Å². The lowest BCUT2D eigenvalue weighted by molar-refractivity contribution is 0.387. The molecule has 0 N–H and O–H groups in total. The molecule has 0 saturated carbocycles. The molecule has 5 heteroatoms. The molecule has 3 nitrogen and oxygen atoms in total. The van der Waals surface area contributed by atoms with E-state index in [1.807, 2.05) is 30.3 Å². The molecule has 0 amide bonds. The number of hydrogen-bond acceptors (Lipinski definition) is 3. The highest BCUT2D eigenvalue weighted by molar-refractivity contribution is 7.11. The maximum Gasteiger partial charge on any atom is 0.502 e. The molecular weight excluding hydrogens is 226 g/mol. The Morgan fingerprint density at radius 2 is 2.00 bits per heavy atom. The van der Waals surface area contributed by atoms with Crippen molar-refractivity contribution < 1.29 is 13.8 Å². The Morgan fingerprint density at radius 3 is 2.62 bits per heavy atom. The molecule has 0 aliphatic carbocycles. The molecular formula is C11H10BClO3. The van der Waals surface area contributed by atoms with Crippen LogP contribution in [0.3, 0.4) is 0 Å². The van der Waals surface area contributed by atoms with Gasteiger partial charge in [0, 0.05) is 0 Å². The van der Waals surface area contributed by atoms with Gasteiger partial charge in [0.2, 0.25) is 0 Å². The van der Waals surface area contributed by atoms with Crippen molar-refractivity contribution in [1.29, 1.82) is 0 Å². The summed E-state index contributed by atoms with van der Waals surface area (Å²) in [7, 11) is 1.56. The topological polar surface area (TPSA) is 31.6 Å². The van der Waals surface area contributed by atoms with Crippen molar-refractivity contribution in [2.75, 3.05) is 7.11 Å². The van der Waals surface area contributed by atoms with Crippen LogP contribution in [0.5, 0.6) is 11.7 Å². The number of rotatable bonds is 4. The number of ether oxygens (including phenoxy) is 1. The zero-order chi connectivity index (χ0) is 11.4. The summed E-state index contributed by atoms with van der Waals surface area (Å²) in [6, 6.07) is 11.1. The van der Waals surface area contributed by atoms with E-state index in [2.05, 4.69) is 0 Å². The fourth-order valence-corrected chi connectivity index (χ4v) is 1.48. The minimum atomic E-state index is -0.572. The third-order valence-electron chi connectivity index (χ3n) is 2.07. The number of furan rings is 1. The van der Waals surface area contributed by atoms with Crippen molar-refractivity contribution in [3.8, 4) is 11.7 Å². The van der Waals surface area contributed by atoms with Crippen molar-refractivity contribution in [1.82, 2.24) is 0 Å². The van der Waals surface area contributed by atoms with Crippen LogP contribution in [0.1, 0.15) is 0 Å². The van der Waals surface area contributed by atoms with Gasteiger partial charge in [0.15, 0.2) is 5.75 Å². The van der Waals surface area contributed by atoms with Crippen LogP contribution in [0.4, 0.5) is 0 Å². The van der Waals surface area contributed by atoms with E-state index >= 15 is 0 Å². The molecule has 0 spiro atoms. The molecule has 1 heterocycles. The van der Waals surface area contributed by atoms with Gasteiger partial charge in [-0.05, 0) is 5.46 Å². The van der Waals surface area contributed by atoms with E-state index in [-0.39, 0.29) is 0 Å². The Kier molecular flexibility index (Phi) is 3.42. The first-order chi connectivity index (χ1) is 7.79. The van der Waals surface area contributed by atoms with Gasteiger partial charge < -0.3 is 13.8 Å². The smallest absolute Gasteiger partial charge is 0.502 e. The minimum absolute atomic E-state index is 0.334. The second-order valence-electron chi connectivity index (χ2n) is 3.15. The predicted octanol–water partition coefficient (Wildman–Crippen LogP) is 2.30. The molecule has 0 atom stereocenters. The standard InChI is InChI=1S/C11H10BClO3/c1-14-10-7-11(15-8-10)16-12(13)9-5-3-2-4-6-9/h2-8H,1H3. The highest BCUT2D eigenvalue weighted by Gasteiger charge is 2.19. The van der Waals surface area contributed by atoms with Crippen LogP contribution < -0.4 is 14.9 Å². The third kappa shape index (κ3) is 2.52. The van der Waals surface area contributed by atoms with E-state index in [1.165, 1.54) is 6.26 Å². The van der Waals surface area contributed by atoms with Crippen molar-refractivity contribution >= 4 is 23.3 Å². The Hall–Kier alpha value is -1.55. The summed E-state index contributed by atoms with van der Waals surface area (Å²) in [5.41, 5.74) is 0.875. The van der Waals surface area contributed by atoms with Crippen LogP contribution in [-0.2, 0) is 0 Å². The Morgan fingerprint density at radius 1 is 1.25 bits per heavy atom. The average molecular weight is 236 g/mol. The summed E-state index contributed by atoms with van der Waals surface area (Å²) in [5.74, 6) is 0.938. The zero-order valence-electron chi connectivity index (χ0n) is 8.72. The summed E-state index contributed by atoms with van der Waals surface area (Å²) >= 11 is 6.07. The maximum atomic E-state index is 6.07. The Bertz CT molecular complexity index is 444. The van der Waals surface area contributed by atoms with Crippen LogP contribution in [-0.4, -0.2) is 13.4 Å². The molecule has 2 aromatic rings. The fourth-order valence-electron chi connectivity index (χ4n) is 1.24. The van der Waals surface area contributed by atoms with Crippen LogP contribution in [0, 0.1) is 0 Å². The van der Waals surface area contributed by atoms with E-state index in [0.717, 1.165) is 5.46 Å². The molecule has 0 radical (unpaired) electrons. The highest BCUT2D eigenvalue weighted by Crippen LogP contribution is 2.22. The van der Waals surface area contributed by atoms with Crippen LogP contribution in [0.2, 0.25) is 0 Å². The van der Waals surface area contributed by atoms with Gasteiger partial charge in [0.25, 0.3) is 5.95 Å². The quantitative estimate of drug-likeness (QED) is 0.764. The van der Waals surface area contributed by atoms with E-state index in [4.69, 9.17) is 25.3 Å². The molecule has 1 aromatic heterocycles. The van der Waals surface area contributed by atoms with Gasteiger partial charge in [0.1, 0.15) is 6.26 Å². The number of methoxy groups -OCH3 is 1. The predicted molar refractivity (Wildman–Crippen MR) is 63.6 cm³/mol. The van der Waals surface area contributed by atoms with Gasteiger partial charge in [-0.15, -0.1) is 11.5 Å². The summed E-state index contributed by atoms with van der Waals surface area (Å²) in [6.45, 7) is 0. The Labute approximate surface area is 99.0 Å². The van der Waals surface area contributed by atoms with Crippen molar-refractivity contribution in [2.45, 2.75) is 0 Å². The molecule has 0 unspecified atom stereocenters. The van der Waals surface area contributed by atoms with Crippen LogP contribution in [0.25, 0.3) is 0 Å². The van der Waals surface area contributed by atoms with E-state index in [0.29, 0.717) is 11.7 Å². The average Bonchev–Trinajstić information content (AvgIpc) is 2.78. The van der Waals surface area contributed by atoms with Gasteiger partial charge in [-0.25, -0.2) is 0 Å².